The van der Waals surface area contributed by atoms with Crippen molar-refractivity contribution in [2.45, 2.75) is 19.4 Å². The molecule has 2 heterocycles. The largest absolute Gasteiger partial charge is 0.380 e. The molecule has 7 heteroatoms. The molecule has 108 valence electrons. The van der Waals surface area contributed by atoms with Crippen molar-refractivity contribution < 1.29 is 9.59 Å². The fraction of sp³-hybridized carbons (Fsp3) is 0.214. The second-order valence-electron chi connectivity index (χ2n) is 4.61. The van der Waals surface area contributed by atoms with Crippen molar-refractivity contribution in [1.29, 1.82) is 0 Å². The Morgan fingerprint density at radius 3 is 2.71 bits per heavy atom. The average Bonchev–Trinajstić information content (AvgIpc) is 3.03. The number of carbonyl (C=O) groups excluding carboxylic acids is 2. The number of rotatable bonds is 4. The number of aromatic nitrogens is 1. The van der Waals surface area contributed by atoms with E-state index in [-0.39, 0.29) is 24.7 Å². The zero-order valence-electron chi connectivity index (χ0n) is 11.0. The molecule has 1 aliphatic rings. The molecule has 3 rings (SSSR count). The fourth-order valence-electron chi connectivity index (χ4n) is 2.17. The van der Waals surface area contributed by atoms with E-state index in [1.54, 1.807) is 18.3 Å². The van der Waals surface area contributed by atoms with Crippen LogP contribution in [-0.4, -0.2) is 16.8 Å². The van der Waals surface area contributed by atoms with E-state index in [9.17, 15) is 9.59 Å². The highest BCUT2D eigenvalue weighted by Gasteiger charge is 2.30. The van der Waals surface area contributed by atoms with Gasteiger partial charge in [0.25, 0.3) is 0 Å². The predicted molar refractivity (Wildman–Crippen MR) is 82.6 cm³/mol. The van der Waals surface area contributed by atoms with E-state index >= 15 is 0 Å². The number of nitrogens with zero attached hydrogens (tertiary/aromatic N) is 2. The lowest BCUT2D eigenvalue weighted by atomic mass is 10.2. The minimum absolute atomic E-state index is 0.147. The molecular formula is C14H12ClN3O2S. The van der Waals surface area contributed by atoms with Gasteiger partial charge < -0.3 is 5.32 Å². The Bertz CT molecular complexity index is 685. The number of benzene rings is 1. The molecule has 0 bridgehead atoms. The standard InChI is InChI=1S/C14H12ClN3O2S/c15-14-17-8-11(21-14)7-16-9-2-1-3-10(6-9)18-12(19)4-5-13(18)20/h1-3,6,8,16H,4-5,7H2. The summed E-state index contributed by atoms with van der Waals surface area (Å²) in [7, 11) is 0. The van der Waals surface area contributed by atoms with Crippen LogP contribution < -0.4 is 10.2 Å². The van der Waals surface area contributed by atoms with Gasteiger partial charge in [-0.25, -0.2) is 4.98 Å². The van der Waals surface area contributed by atoms with Crippen molar-refractivity contribution in [1.82, 2.24) is 4.98 Å². The Morgan fingerprint density at radius 1 is 1.29 bits per heavy atom. The van der Waals surface area contributed by atoms with Gasteiger partial charge in [0.1, 0.15) is 0 Å². The van der Waals surface area contributed by atoms with Gasteiger partial charge in [-0.1, -0.05) is 17.7 Å². The Labute approximate surface area is 130 Å². The molecule has 0 spiro atoms. The number of hydrogen-bond donors (Lipinski definition) is 1. The Balaban J connectivity index is 1.74. The quantitative estimate of drug-likeness (QED) is 0.879. The summed E-state index contributed by atoms with van der Waals surface area (Å²) in [5.41, 5.74) is 1.44. The lowest BCUT2D eigenvalue weighted by Crippen LogP contribution is -2.28. The second-order valence-corrected chi connectivity index (χ2v) is 6.30. The van der Waals surface area contributed by atoms with Gasteiger partial charge in [0.05, 0.1) is 12.2 Å². The van der Waals surface area contributed by atoms with Gasteiger partial charge in [0.2, 0.25) is 11.8 Å². The maximum atomic E-state index is 11.7. The fourth-order valence-corrected chi connectivity index (χ4v) is 3.09. The summed E-state index contributed by atoms with van der Waals surface area (Å²) in [6.07, 6.45) is 2.29. The van der Waals surface area contributed by atoms with Crippen molar-refractivity contribution >= 4 is 46.1 Å². The number of anilines is 2. The molecule has 1 aliphatic heterocycles. The van der Waals surface area contributed by atoms with Crippen LogP contribution in [0, 0.1) is 0 Å². The maximum Gasteiger partial charge on any atom is 0.234 e. The summed E-state index contributed by atoms with van der Waals surface area (Å²) in [6, 6.07) is 7.26. The summed E-state index contributed by atoms with van der Waals surface area (Å²) < 4.78 is 0.508. The summed E-state index contributed by atoms with van der Waals surface area (Å²) in [5, 5.41) is 3.23. The van der Waals surface area contributed by atoms with Crippen molar-refractivity contribution in [3.63, 3.8) is 0 Å². The van der Waals surface area contributed by atoms with Crippen LogP contribution in [0.4, 0.5) is 11.4 Å². The van der Waals surface area contributed by atoms with Crippen molar-refractivity contribution in [3.05, 3.63) is 39.8 Å². The van der Waals surface area contributed by atoms with Crippen molar-refractivity contribution in [2.75, 3.05) is 10.2 Å². The van der Waals surface area contributed by atoms with Gasteiger partial charge in [-0.05, 0) is 18.2 Å². The van der Waals surface area contributed by atoms with Crippen LogP contribution in [0.1, 0.15) is 17.7 Å². The van der Waals surface area contributed by atoms with Crippen LogP contribution in [0.5, 0.6) is 0 Å². The number of nitrogens with one attached hydrogen (secondary N) is 1. The van der Waals surface area contributed by atoms with Crippen LogP contribution >= 0.6 is 22.9 Å². The Morgan fingerprint density at radius 2 is 2.05 bits per heavy atom. The van der Waals surface area contributed by atoms with Gasteiger partial charge in [-0.3, -0.25) is 14.5 Å². The van der Waals surface area contributed by atoms with E-state index in [2.05, 4.69) is 10.3 Å². The molecule has 5 nitrogen and oxygen atoms in total. The van der Waals surface area contributed by atoms with Gasteiger partial charge in [0, 0.05) is 29.6 Å². The van der Waals surface area contributed by atoms with Gasteiger partial charge in [-0.15, -0.1) is 11.3 Å². The number of halogens is 1. The summed E-state index contributed by atoms with van der Waals surface area (Å²) >= 11 is 7.19. The molecule has 1 aromatic heterocycles. The number of imide groups is 1. The first-order valence-electron chi connectivity index (χ1n) is 6.43. The minimum Gasteiger partial charge on any atom is -0.380 e. The minimum atomic E-state index is -0.147. The zero-order valence-corrected chi connectivity index (χ0v) is 12.6. The molecule has 1 aromatic carbocycles. The van der Waals surface area contributed by atoms with Crippen molar-refractivity contribution in [3.8, 4) is 0 Å². The maximum absolute atomic E-state index is 11.7. The van der Waals surface area contributed by atoms with Crippen molar-refractivity contribution in [2.24, 2.45) is 0 Å². The van der Waals surface area contributed by atoms with Crippen LogP contribution in [-0.2, 0) is 16.1 Å². The molecule has 0 unspecified atom stereocenters. The smallest absolute Gasteiger partial charge is 0.234 e. The van der Waals surface area contributed by atoms with E-state index < -0.39 is 0 Å². The highest BCUT2D eigenvalue weighted by atomic mass is 35.5. The summed E-state index contributed by atoms with van der Waals surface area (Å²) in [6.45, 7) is 0.593. The molecule has 1 N–H and O–H groups in total. The molecular weight excluding hydrogens is 310 g/mol. The molecule has 1 saturated heterocycles. The Hall–Kier alpha value is -1.92. The van der Waals surface area contributed by atoms with Crippen LogP contribution in [0.2, 0.25) is 4.47 Å². The molecule has 2 amide bonds. The molecule has 21 heavy (non-hydrogen) atoms. The summed E-state index contributed by atoms with van der Waals surface area (Å²) in [5.74, 6) is -0.294. The van der Waals surface area contributed by atoms with E-state index in [1.165, 1.54) is 16.2 Å². The highest BCUT2D eigenvalue weighted by Crippen LogP contribution is 2.26. The van der Waals surface area contributed by atoms with E-state index in [1.807, 2.05) is 12.1 Å². The van der Waals surface area contributed by atoms with E-state index in [4.69, 9.17) is 11.6 Å². The lowest BCUT2D eigenvalue weighted by molar-refractivity contribution is -0.121. The third-order valence-electron chi connectivity index (χ3n) is 3.15. The van der Waals surface area contributed by atoms with Gasteiger partial charge >= 0.3 is 0 Å². The normalized spacial score (nSPS) is 14.8. The second kappa shape index (κ2) is 5.83. The SMILES string of the molecule is O=C1CCC(=O)N1c1cccc(NCc2cnc(Cl)s2)c1. The number of amides is 2. The number of thiazole rings is 1. The van der Waals surface area contributed by atoms with E-state index in [0.29, 0.717) is 16.7 Å². The van der Waals surface area contributed by atoms with E-state index in [0.717, 1.165) is 10.6 Å². The van der Waals surface area contributed by atoms with Gasteiger partial charge in [0.15, 0.2) is 4.47 Å². The monoisotopic (exact) mass is 321 g/mol. The Kier molecular flexibility index (Phi) is 3.90. The number of hydrogen-bond acceptors (Lipinski definition) is 5. The van der Waals surface area contributed by atoms with Crippen LogP contribution in [0.15, 0.2) is 30.5 Å². The lowest BCUT2D eigenvalue weighted by Gasteiger charge is -2.15. The highest BCUT2D eigenvalue weighted by molar-refractivity contribution is 7.15. The number of carbonyl (C=O) groups is 2. The third-order valence-corrected chi connectivity index (χ3v) is 4.26. The molecule has 0 aliphatic carbocycles. The molecule has 0 atom stereocenters. The molecule has 2 aromatic rings. The first-order chi connectivity index (χ1) is 10.1. The first-order valence-corrected chi connectivity index (χ1v) is 7.63. The topological polar surface area (TPSA) is 62.3 Å². The van der Waals surface area contributed by atoms with Gasteiger partial charge in [-0.2, -0.15) is 0 Å². The first kappa shape index (κ1) is 14.0. The molecule has 1 fully saturated rings. The zero-order chi connectivity index (χ0) is 14.8. The van der Waals surface area contributed by atoms with Crippen LogP contribution in [0.3, 0.4) is 0 Å². The van der Waals surface area contributed by atoms with Crippen LogP contribution in [0.25, 0.3) is 0 Å². The predicted octanol–water partition coefficient (Wildman–Crippen LogP) is 3.06. The average molecular weight is 322 g/mol. The third kappa shape index (κ3) is 3.06. The molecule has 0 radical (unpaired) electrons. The summed E-state index contributed by atoms with van der Waals surface area (Å²) in [4.78, 5) is 29.7. The molecule has 0 saturated carbocycles.